The summed E-state index contributed by atoms with van der Waals surface area (Å²) in [6.45, 7) is 2.62. The van der Waals surface area contributed by atoms with Crippen LogP contribution in [-0.2, 0) is 6.42 Å². The predicted octanol–water partition coefficient (Wildman–Crippen LogP) is 0.831. The van der Waals surface area contributed by atoms with Crippen LogP contribution in [0.4, 0.5) is 0 Å². The van der Waals surface area contributed by atoms with Gasteiger partial charge in [0.05, 0.1) is 0 Å². The van der Waals surface area contributed by atoms with Gasteiger partial charge in [-0.25, -0.2) is 5.48 Å². The minimum atomic E-state index is 0.0534. The second kappa shape index (κ2) is 5.24. The Hall–Kier alpha value is -1.55. The molecule has 1 aromatic rings. The summed E-state index contributed by atoms with van der Waals surface area (Å²) >= 11 is 0. The summed E-state index contributed by atoms with van der Waals surface area (Å²) < 4.78 is 0. The lowest BCUT2D eigenvalue weighted by atomic mass is 10.1. The van der Waals surface area contributed by atoms with E-state index in [4.69, 9.17) is 10.9 Å². The maximum atomic E-state index is 8.37. The topological polar surface area (TPSA) is 70.6 Å². The summed E-state index contributed by atoms with van der Waals surface area (Å²) in [5.41, 5.74) is 9.50. The van der Waals surface area contributed by atoms with Crippen molar-refractivity contribution in [2.45, 2.75) is 13.3 Å². The molecule has 4 N–H and O–H groups in total. The van der Waals surface area contributed by atoms with Gasteiger partial charge in [-0.3, -0.25) is 10.2 Å². The Bertz CT molecular complexity index is 323. The molecule has 76 valence electrons. The van der Waals surface area contributed by atoms with Crippen molar-refractivity contribution in [3.05, 3.63) is 35.4 Å². The highest BCUT2D eigenvalue weighted by molar-refractivity contribution is 5.76. The zero-order valence-electron chi connectivity index (χ0n) is 8.20. The van der Waals surface area contributed by atoms with Crippen molar-refractivity contribution in [2.75, 3.05) is 6.54 Å². The molecular formula is C10H15N3O. The molecule has 1 rings (SSSR count). The fourth-order valence-electron chi connectivity index (χ4n) is 1.21. The maximum absolute atomic E-state index is 8.37. The molecule has 0 aliphatic rings. The Labute approximate surface area is 83.4 Å². The van der Waals surface area contributed by atoms with Crippen LogP contribution in [-0.4, -0.2) is 17.7 Å². The summed E-state index contributed by atoms with van der Waals surface area (Å²) in [4.78, 5) is 3.90. The van der Waals surface area contributed by atoms with E-state index in [1.165, 1.54) is 11.1 Å². The predicted molar refractivity (Wildman–Crippen MR) is 56.3 cm³/mol. The molecule has 0 aromatic heterocycles. The van der Waals surface area contributed by atoms with Crippen molar-refractivity contribution in [2.24, 2.45) is 10.7 Å². The Balaban J connectivity index is 2.46. The quantitative estimate of drug-likeness (QED) is 0.378. The SMILES string of the molecule is Cc1cccc(CCN=C(N)NO)c1. The number of aryl methyl sites for hydroxylation is 1. The van der Waals surface area contributed by atoms with Gasteiger partial charge in [0, 0.05) is 6.54 Å². The van der Waals surface area contributed by atoms with Gasteiger partial charge in [0.1, 0.15) is 0 Å². The Kier molecular flexibility index (Phi) is 3.94. The van der Waals surface area contributed by atoms with Crippen molar-refractivity contribution in [1.82, 2.24) is 5.48 Å². The number of hydrogen-bond acceptors (Lipinski definition) is 2. The number of guanidine groups is 1. The Morgan fingerprint density at radius 2 is 2.36 bits per heavy atom. The molecule has 1 aromatic carbocycles. The summed E-state index contributed by atoms with van der Waals surface area (Å²) in [5, 5.41) is 8.37. The van der Waals surface area contributed by atoms with E-state index >= 15 is 0 Å². The van der Waals surface area contributed by atoms with E-state index in [0.717, 1.165) is 6.42 Å². The first-order valence-electron chi connectivity index (χ1n) is 4.48. The normalized spacial score (nSPS) is 11.4. The van der Waals surface area contributed by atoms with Gasteiger partial charge in [-0.15, -0.1) is 0 Å². The minimum Gasteiger partial charge on any atom is -0.368 e. The number of nitrogens with two attached hydrogens (primary N) is 1. The zero-order chi connectivity index (χ0) is 10.4. The Morgan fingerprint density at radius 1 is 1.57 bits per heavy atom. The van der Waals surface area contributed by atoms with Crippen LogP contribution in [0.5, 0.6) is 0 Å². The van der Waals surface area contributed by atoms with Crippen LogP contribution in [0.3, 0.4) is 0 Å². The third-order valence-corrected chi connectivity index (χ3v) is 1.88. The van der Waals surface area contributed by atoms with Crippen LogP contribution in [0, 0.1) is 6.92 Å². The standard InChI is InChI=1S/C10H15N3O/c1-8-3-2-4-9(7-8)5-6-12-10(11)13-14/h2-4,7,14H,5-6H2,1H3,(H3,11,12,13). The monoisotopic (exact) mass is 193 g/mol. The molecule has 4 nitrogen and oxygen atoms in total. The average molecular weight is 193 g/mol. The van der Waals surface area contributed by atoms with Crippen LogP contribution in [0.15, 0.2) is 29.3 Å². The number of nitrogens with zero attached hydrogens (tertiary/aromatic N) is 1. The van der Waals surface area contributed by atoms with Crippen LogP contribution < -0.4 is 11.2 Å². The number of hydroxylamine groups is 1. The van der Waals surface area contributed by atoms with Crippen LogP contribution in [0.2, 0.25) is 0 Å². The van der Waals surface area contributed by atoms with E-state index in [-0.39, 0.29) is 5.96 Å². The van der Waals surface area contributed by atoms with Gasteiger partial charge >= 0.3 is 0 Å². The van der Waals surface area contributed by atoms with Crippen LogP contribution in [0.25, 0.3) is 0 Å². The van der Waals surface area contributed by atoms with Gasteiger partial charge in [-0.2, -0.15) is 0 Å². The number of hydrogen-bond donors (Lipinski definition) is 3. The molecule has 0 fully saturated rings. The van der Waals surface area contributed by atoms with Gasteiger partial charge in [0.2, 0.25) is 5.96 Å². The van der Waals surface area contributed by atoms with Gasteiger partial charge in [0.15, 0.2) is 0 Å². The van der Waals surface area contributed by atoms with Gasteiger partial charge < -0.3 is 5.73 Å². The molecule has 0 heterocycles. The van der Waals surface area contributed by atoms with Crippen molar-refractivity contribution in [3.8, 4) is 0 Å². The minimum absolute atomic E-state index is 0.0534. The van der Waals surface area contributed by atoms with E-state index in [1.54, 1.807) is 5.48 Å². The fraction of sp³-hybridized carbons (Fsp3) is 0.300. The molecule has 0 aliphatic carbocycles. The van der Waals surface area contributed by atoms with Crippen LogP contribution in [0.1, 0.15) is 11.1 Å². The fourth-order valence-corrected chi connectivity index (χ4v) is 1.21. The van der Waals surface area contributed by atoms with Gasteiger partial charge in [-0.05, 0) is 18.9 Å². The molecule has 0 unspecified atom stereocenters. The number of nitrogens with one attached hydrogen (secondary N) is 1. The Morgan fingerprint density at radius 3 is 3.00 bits per heavy atom. The van der Waals surface area contributed by atoms with Gasteiger partial charge in [-0.1, -0.05) is 29.8 Å². The lowest BCUT2D eigenvalue weighted by Crippen LogP contribution is -2.28. The molecule has 0 spiro atoms. The van der Waals surface area contributed by atoms with Crippen molar-refractivity contribution in [3.63, 3.8) is 0 Å². The van der Waals surface area contributed by atoms with Gasteiger partial charge in [0.25, 0.3) is 0 Å². The summed E-state index contributed by atoms with van der Waals surface area (Å²) in [6, 6.07) is 8.22. The lowest BCUT2D eigenvalue weighted by molar-refractivity contribution is 0.232. The average Bonchev–Trinajstić information content (AvgIpc) is 2.17. The summed E-state index contributed by atoms with van der Waals surface area (Å²) in [6.07, 6.45) is 0.823. The highest BCUT2D eigenvalue weighted by Gasteiger charge is 1.92. The highest BCUT2D eigenvalue weighted by Crippen LogP contribution is 2.04. The largest absolute Gasteiger partial charge is 0.368 e. The molecule has 14 heavy (non-hydrogen) atoms. The van der Waals surface area contributed by atoms with Crippen LogP contribution >= 0.6 is 0 Å². The van der Waals surface area contributed by atoms with E-state index < -0.39 is 0 Å². The number of benzene rings is 1. The molecule has 4 heteroatoms. The number of rotatable bonds is 3. The third kappa shape index (κ3) is 3.45. The molecule has 0 amide bonds. The van der Waals surface area contributed by atoms with Crippen molar-refractivity contribution in [1.29, 1.82) is 0 Å². The van der Waals surface area contributed by atoms with E-state index in [0.29, 0.717) is 6.54 Å². The zero-order valence-corrected chi connectivity index (χ0v) is 8.20. The molecule has 0 saturated heterocycles. The molecule has 0 aliphatic heterocycles. The third-order valence-electron chi connectivity index (χ3n) is 1.88. The molecule has 0 radical (unpaired) electrons. The highest BCUT2D eigenvalue weighted by atomic mass is 16.5. The molecule has 0 atom stereocenters. The molecule has 0 bridgehead atoms. The second-order valence-corrected chi connectivity index (χ2v) is 3.12. The number of aliphatic imine (C=N–C) groups is 1. The first-order chi connectivity index (χ1) is 6.72. The summed E-state index contributed by atoms with van der Waals surface area (Å²) in [7, 11) is 0. The molecule has 0 saturated carbocycles. The van der Waals surface area contributed by atoms with Crippen molar-refractivity contribution < 1.29 is 5.21 Å². The summed E-state index contributed by atoms with van der Waals surface area (Å²) in [5.74, 6) is 0.0534. The van der Waals surface area contributed by atoms with E-state index in [2.05, 4.69) is 24.0 Å². The van der Waals surface area contributed by atoms with E-state index in [1.807, 2.05) is 12.1 Å². The lowest BCUT2D eigenvalue weighted by Gasteiger charge is -2.00. The first-order valence-corrected chi connectivity index (χ1v) is 4.48. The van der Waals surface area contributed by atoms with Crippen molar-refractivity contribution >= 4 is 5.96 Å². The maximum Gasteiger partial charge on any atom is 0.212 e. The van der Waals surface area contributed by atoms with E-state index in [9.17, 15) is 0 Å². The smallest absolute Gasteiger partial charge is 0.212 e. The second-order valence-electron chi connectivity index (χ2n) is 3.12. The first kappa shape index (κ1) is 10.5. The molecular weight excluding hydrogens is 178 g/mol.